The molecule has 1 atom stereocenters. The number of nitro benzene ring substituents is 1. The predicted octanol–water partition coefficient (Wildman–Crippen LogP) is 2.99. The average molecular weight is 275 g/mol. The van der Waals surface area contributed by atoms with Crippen molar-refractivity contribution < 1.29 is 19.6 Å². The number of nitrogens with zero attached hydrogens (tertiary/aromatic N) is 1. The highest BCUT2D eigenvalue weighted by atomic mass is 16.6. The molecule has 0 aliphatic rings. The molecule has 6 heteroatoms. The van der Waals surface area contributed by atoms with Gasteiger partial charge >= 0.3 is 5.97 Å². The van der Waals surface area contributed by atoms with Crippen molar-refractivity contribution in [2.45, 2.75) is 19.4 Å². The van der Waals surface area contributed by atoms with Crippen molar-refractivity contribution >= 4 is 22.4 Å². The van der Waals surface area contributed by atoms with E-state index in [0.29, 0.717) is 16.5 Å². The van der Waals surface area contributed by atoms with Gasteiger partial charge in [0.2, 0.25) is 0 Å². The molecule has 0 heterocycles. The maximum absolute atomic E-state index is 11.0. The Bertz CT molecular complexity index is 668. The quantitative estimate of drug-likeness (QED) is 0.669. The van der Waals surface area contributed by atoms with E-state index in [2.05, 4.69) is 0 Å². The van der Waals surface area contributed by atoms with E-state index >= 15 is 0 Å². The van der Waals surface area contributed by atoms with Gasteiger partial charge < -0.3 is 9.84 Å². The molecule has 0 fully saturated rings. The summed E-state index contributed by atoms with van der Waals surface area (Å²) in [5, 5.41) is 20.8. The summed E-state index contributed by atoms with van der Waals surface area (Å²) >= 11 is 0. The molecule has 104 valence electrons. The fourth-order valence-corrected chi connectivity index (χ4v) is 2.02. The average Bonchev–Trinajstić information content (AvgIpc) is 2.37. The number of hydrogen-bond donors (Lipinski definition) is 1. The molecule has 0 amide bonds. The van der Waals surface area contributed by atoms with Crippen molar-refractivity contribution in [2.24, 2.45) is 0 Å². The molecule has 0 aromatic heterocycles. The van der Waals surface area contributed by atoms with Crippen LogP contribution in [0.15, 0.2) is 36.4 Å². The SMILES string of the molecule is C[C@@H](CC(=O)O)Oc1ccc([N+](=O)[O-])c2ccccc12. The molecule has 0 aliphatic carbocycles. The minimum atomic E-state index is -0.955. The van der Waals surface area contributed by atoms with Crippen LogP contribution in [0.5, 0.6) is 5.75 Å². The van der Waals surface area contributed by atoms with Gasteiger partial charge in [0.05, 0.1) is 16.7 Å². The zero-order valence-corrected chi connectivity index (χ0v) is 10.8. The van der Waals surface area contributed by atoms with Crippen LogP contribution in [-0.2, 0) is 4.79 Å². The molecule has 6 nitrogen and oxygen atoms in total. The van der Waals surface area contributed by atoms with Crippen molar-refractivity contribution in [3.8, 4) is 5.75 Å². The summed E-state index contributed by atoms with van der Waals surface area (Å²) in [5.74, 6) is -0.510. The first-order chi connectivity index (χ1) is 9.49. The molecule has 2 aromatic carbocycles. The van der Waals surface area contributed by atoms with Crippen LogP contribution in [-0.4, -0.2) is 22.1 Å². The zero-order valence-electron chi connectivity index (χ0n) is 10.8. The largest absolute Gasteiger partial charge is 0.489 e. The van der Waals surface area contributed by atoms with Crippen LogP contribution in [0.3, 0.4) is 0 Å². The van der Waals surface area contributed by atoms with Gasteiger partial charge in [-0.05, 0) is 19.1 Å². The van der Waals surface area contributed by atoms with Crippen LogP contribution in [0.25, 0.3) is 10.8 Å². The van der Waals surface area contributed by atoms with Gasteiger partial charge in [0.1, 0.15) is 11.9 Å². The van der Waals surface area contributed by atoms with Gasteiger partial charge in [0, 0.05) is 11.5 Å². The van der Waals surface area contributed by atoms with Crippen LogP contribution in [0.4, 0.5) is 5.69 Å². The molecule has 2 rings (SSSR count). The van der Waals surface area contributed by atoms with Crippen molar-refractivity contribution in [2.75, 3.05) is 0 Å². The third-order valence-corrected chi connectivity index (χ3v) is 2.85. The first-order valence-corrected chi connectivity index (χ1v) is 6.03. The second kappa shape index (κ2) is 5.56. The summed E-state index contributed by atoms with van der Waals surface area (Å²) in [4.78, 5) is 21.2. The molecule has 0 saturated carbocycles. The van der Waals surface area contributed by atoms with Crippen molar-refractivity contribution in [3.63, 3.8) is 0 Å². The monoisotopic (exact) mass is 275 g/mol. The number of carboxylic acids is 1. The summed E-state index contributed by atoms with van der Waals surface area (Å²) in [7, 11) is 0. The lowest BCUT2D eigenvalue weighted by molar-refractivity contribution is -0.383. The van der Waals surface area contributed by atoms with Gasteiger partial charge in [0.25, 0.3) is 5.69 Å². The highest BCUT2D eigenvalue weighted by molar-refractivity contribution is 5.95. The van der Waals surface area contributed by atoms with Gasteiger partial charge in [-0.3, -0.25) is 14.9 Å². The summed E-state index contributed by atoms with van der Waals surface area (Å²) in [6, 6.07) is 9.68. The standard InChI is InChI=1S/C14H13NO5/c1-9(8-14(16)17)20-13-7-6-12(15(18)19)10-4-2-3-5-11(10)13/h2-7,9H,8H2,1H3,(H,16,17)/t9-/m0/s1. The number of benzene rings is 2. The maximum Gasteiger partial charge on any atom is 0.307 e. The minimum absolute atomic E-state index is 0.00108. The Hall–Kier alpha value is -2.63. The number of fused-ring (bicyclic) bond motifs is 1. The smallest absolute Gasteiger partial charge is 0.307 e. The molecule has 1 N–H and O–H groups in total. The molecule has 0 spiro atoms. The topological polar surface area (TPSA) is 89.7 Å². The van der Waals surface area contributed by atoms with Crippen LogP contribution in [0, 0.1) is 10.1 Å². The van der Waals surface area contributed by atoms with E-state index in [-0.39, 0.29) is 12.1 Å². The summed E-state index contributed by atoms with van der Waals surface area (Å²) in [5.41, 5.74) is -0.00108. The lowest BCUT2D eigenvalue weighted by Crippen LogP contribution is -2.16. The Kier molecular flexibility index (Phi) is 3.84. The molecule has 0 radical (unpaired) electrons. The van der Waals surface area contributed by atoms with E-state index in [1.807, 2.05) is 0 Å². The Morgan fingerprint density at radius 1 is 1.30 bits per heavy atom. The lowest BCUT2D eigenvalue weighted by atomic mass is 10.1. The third kappa shape index (κ3) is 2.85. The van der Waals surface area contributed by atoms with Crippen molar-refractivity contribution in [1.29, 1.82) is 0 Å². The second-order valence-electron chi connectivity index (χ2n) is 4.41. The van der Waals surface area contributed by atoms with Crippen molar-refractivity contribution in [3.05, 3.63) is 46.5 Å². The minimum Gasteiger partial charge on any atom is -0.489 e. The Morgan fingerprint density at radius 2 is 1.95 bits per heavy atom. The Balaban J connectivity index is 2.43. The van der Waals surface area contributed by atoms with E-state index in [0.717, 1.165) is 0 Å². The molecular weight excluding hydrogens is 262 g/mol. The van der Waals surface area contributed by atoms with Gasteiger partial charge in [0.15, 0.2) is 0 Å². The number of rotatable bonds is 5. The normalized spacial score (nSPS) is 12.1. The fourth-order valence-electron chi connectivity index (χ4n) is 2.02. The maximum atomic E-state index is 11.0. The molecule has 0 saturated heterocycles. The summed E-state index contributed by atoms with van der Waals surface area (Å²) in [6.07, 6.45) is -0.650. The number of carbonyl (C=O) groups is 1. The highest BCUT2D eigenvalue weighted by Crippen LogP contribution is 2.33. The lowest BCUT2D eigenvalue weighted by Gasteiger charge is -2.14. The number of aliphatic carboxylic acids is 1. The highest BCUT2D eigenvalue weighted by Gasteiger charge is 2.16. The summed E-state index contributed by atoms with van der Waals surface area (Å²) in [6.45, 7) is 1.64. The number of carboxylic acid groups (broad SMARTS) is 1. The van der Waals surface area contributed by atoms with Crippen molar-refractivity contribution in [1.82, 2.24) is 0 Å². The van der Waals surface area contributed by atoms with Gasteiger partial charge in [-0.15, -0.1) is 0 Å². The van der Waals surface area contributed by atoms with Gasteiger partial charge in [-0.2, -0.15) is 0 Å². The Morgan fingerprint density at radius 3 is 2.55 bits per heavy atom. The van der Waals surface area contributed by atoms with E-state index in [1.54, 1.807) is 31.2 Å². The molecule has 0 unspecified atom stereocenters. The predicted molar refractivity (Wildman–Crippen MR) is 72.9 cm³/mol. The molecule has 20 heavy (non-hydrogen) atoms. The zero-order chi connectivity index (χ0) is 14.7. The summed E-state index contributed by atoms with van der Waals surface area (Å²) < 4.78 is 5.57. The molecule has 0 bridgehead atoms. The van der Waals surface area contributed by atoms with Crippen LogP contribution < -0.4 is 4.74 Å². The third-order valence-electron chi connectivity index (χ3n) is 2.85. The number of ether oxygens (including phenoxy) is 1. The number of nitro groups is 1. The van der Waals surface area contributed by atoms with Gasteiger partial charge in [-0.1, -0.05) is 18.2 Å². The van der Waals surface area contributed by atoms with E-state index < -0.39 is 17.0 Å². The Labute approximate surface area is 114 Å². The first kappa shape index (κ1) is 13.8. The number of non-ortho nitro benzene ring substituents is 1. The number of hydrogen-bond acceptors (Lipinski definition) is 4. The van der Waals surface area contributed by atoms with E-state index in [4.69, 9.17) is 9.84 Å². The molecule has 2 aromatic rings. The second-order valence-corrected chi connectivity index (χ2v) is 4.41. The van der Waals surface area contributed by atoms with Crippen LogP contribution in [0.2, 0.25) is 0 Å². The van der Waals surface area contributed by atoms with Crippen LogP contribution in [0.1, 0.15) is 13.3 Å². The first-order valence-electron chi connectivity index (χ1n) is 6.03. The van der Waals surface area contributed by atoms with E-state index in [1.165, 1.54) is 12.1 Å². The van der Waals surface area contributed by atoms with E-state index in [9.17, 15) is 14.9 Å². The van der Waals surface area contributed by atoms with Crippen LogP contribution >= 0.6 is 0 Å². The van der Waals surface area contributed by atoms with Gasteiger partial charge in [-0.25, -0.2) is 0 Å². The fraction of sp³-hybridized carbons (Fsp3) is 0.214. The molecular formula is C14H13NO5. The molecule has 0 aliphatic heterocycles.